The van der Waals surface area contributed by atoms with Crippen molar-refractivity contribution in [1.29, 1.82) is 0 Å². The van der Waals surface area contributed by atoms with Crippen molar-refractivity contribution in [3.05, 3.63) is 75.4 Å². The van der Waals surface area contributed by atoms with Crippen LogP contribution in [0.4, 0.5) is 18.9 Å². The standard InChI is InChI=1S/C34H35Cl2F3N8O4/c1-46-25-11-13-47(17-26(48)34(37,38)39)16-24(25)43-31(46)32(50)44-23-5-3-4-21(28(23)35)30-29(36)20(10-12-41-30)22-8-6-18(33(45-22)51-2)14-40-15-19-7-9-27(49)42-19/h3-6,8,10,12,19,26,40,48H,7,9,11,13-17H2,1-2H3,(H,42,49)(H,44,50)/t19-,26-/m1/s1. The van der Waals surface area contributed by atoms with Crippen molar-refractivity contribution < 1.29 is 32.6 Å². The lowest BCUT2D eigenvalue weighted by atomic mass is 10.1. The summed E-state index contributed by atoms with van der Waals surface area (Å²) >= 11 is 13.8. The van der Waals surface area contributed by atoms with Gasteiger partial charge < -0.3 is 30.4 Å². The molecular formula is C34H35Cl2F3N8O4. The first-order valence-corrected chi connectivity index (χ1v) is 16.9. The summed E-state index contributed by atoms with van der Waals surface area (Å²) in [5.74, 6) is -0.0405. The summed E-state index contributed by atoms with van der Waals surface area (Å²) in [7, 11) is 3.20. The molecule has 2 aliphatic heterocycles. The van der Waals surface area contributed by atoms with Crippen molar-refractivity contribution in [3.63, 3.8) is 0 Å². The lowest BCUT2D eigenvalue weighted by Gasteiger charge is -2.29. The number of fused-ring (bicyclic) bond motifs is 1. The average molecular weight is 748 g/mol. The van der Waals surface area contributed by atoms with Crippen molar-refractivity contribution in [2.24, 2.45) is 7.05 Å². The van der Waals surface area contributed by atoms with Crippen LogP contribution in [0.3, 0.4) is 0 Å². The summed E-state index contributed by atoms with van der Waals surface area (Å²) in [6.45, 7) is 0.850. The van der Waals surface area contributed by atoms with Crippen molar-refractivity contribution in [1.82, 2.24) is 35.1 Å². The summed E-state index contributed by atoms with van der Waals surface area (Å²) in [6, 6.07) is 10.5. The number of carbonyl (C=O) groups excluding carboxylic acids is 2. The predicted molar refractivity (Wildman–Crippen MR) is 185 cm³/mol. The highest BCUT2D eigenvalue weighted by atomic mass is 35.5. The molecule has 4 N–H and O–H groups in total. The number of aromatic nitrogens is 4. The van der Waals surface area contributed by atoms with E-state index in [0.717, 1.165) is 17.7 Å². The number of nitrogens with one attached hydrogen (secondary N) is 3. The summed E-state index contributed by atoms with van der Waals surface area (Å²) < 4.78 is 45.9. The van der Waals surface area contributed by atoms with E-state index < -0.39 is 24.7 Å². The number of anilines is 1. The molecule has 0 unspecified atom stereocenters. The Hall–Kier alpha value is -4.28. The number of alkyl halides is 3. The van der Waals surface area contributed by atoms with Gasteiger partial charge in [-0.15, -0.1) is 0 Å². The van der Waals surface area contributed by atoms with E-state index in [1.54, 1.807) is 42.1 Å². The number of carbonyl (C=O) groups is 2. The second-order valence-electron chi connectivity index (χ2n) is 12.4. The van der Waals surface area contributed by atoms with E-state index in [1.165, 1.54) is 12.0 Å². The fourth-order valence-corrected chi connectivity index (χ4v) is 6.82. The monoisotopic (exact) mass is 746 g/mol. The number of halogens is 5. The number of pyridine rings is 2. The van der Waals surface area contributed by atoms with Crippen LogP contribution in [0, 0.1) is 0 Å². The highest BCUT2D eigenvalue weighted by Gasteiger charge is 2.40. The van der Waals surface area contributed by atoms with Gasteiger partial charge in [-0.2, -0.15) is 13.2 Å². The van der Waals surface area contributed by atoms with Gasteiger partial charge in [0.25, 0.3) is 5.91 Å². The minimum Gasteiger partial charge on any atom is -0.481 e. The molecule has 0 aliphatic carbocycles. The molecule has 6 rings (SSSR count). The Balaban J connectivity index is 1.18. The Morgan fingerprint density at radius 3 is 2.67 bits per heavy atom. The zero-order valence-electron chi connectivity index (χ0n) is 27.7. The van der Waals surface area contributed by atoms with Gasteiger partial charge in [-0.1, -0.05) is 41.4 Å². The Labute approximate surface area is 301 Å². The van der Waals surface area contributed by atoms with E-state index in [4.69, 9.17) is 27.9 Å². The number of benzene rings is 1. The van der Waals surface area contributed by atoms with Crippen LogP contribution in [-0.2, 0) is 31.4 Å². The molecule has 51 heavy (non-hydrogen) atoms. The number of imidazole rings is 1. The Kier molecular flexibility index (Phi) is 10.8. The lowest BCUT2D eigenvalue weighted by Crippen LogP contribution is -2.43. The molecule has 5 heterocycles. The normalized spacial score (nSPS) is 16.9. The zero-order chi connectivity index (χ0) is 36.4. The maximum atomic E-state index is 13.4. The highest BCUT2D eigenvalue weighted by Crippen LogP contribution is 2.40. The van der Waals surface area contributed by atoms with E-state index in [0.29, 0.717) is 60.0 Å². The van der Waals surface area contributed by atoms with Gasteiger partial charge in [0, 0.05) is 87.2 Å². The fraction of sp³-hybridized carbons (Fsp3) is 0.382. The Bertz CT molecular complexity index is 1960. The second kappa shape index (κ2) is 15.1. The maximum Gasteiger partial charge on any atom is 0.415 e. The number of aliphatic hydroxyl groups is 1. The minimum atomic E-state index is -4.73. The number of β-amino-alcohol motifs (C(OH)–C–C–N with tert-alkyl or cyclic N) is 1. The third kappa shape index (κ3) is 7.97. The van der Waals surface area contributed by atoms with Gasteiger partial charge in [-0.25, -0.2) is 9.97 Å². The average Bonchev–Trinajstić information content (AvgIpc) is 3.67. The maximum absolute atomic E-state index is 13.4. The molecule has 1 aromatic carbocycles. The van der Waals surface area contributed by atoms with Gasteiger partial charge in [-0.05, 0) is 24.6 Å². The van der Waals surface area contributed by atoms with Crippen molar-refractivity contribution >= 4 is 40.7 Å². The number of amides is 2. The quantitative estimate of drug-likeness (QED) is 0.171. The SMILES string of the molecule is COc1nc(-c2ccnc(-c3cccc(NC(=O)c4nc5c(n4C)CCN(C[C@@H](O)C(F)(F)F)C5)c3Cl)c2Cl)ccc1CNC[C@H]1CCC(=O)N1. The molecule has 0 spiro atoms. The van der Waals surface area contributed by atoms with E-state index >= 15 is 0 Å². The fourth-order valence-electron chi connectivity index (χ4n) is 6.25. The number of hydrogen-bond donors (Lipinski definition) is 4. The van der Waals surface area contributed by atoms with Crippen LogP contribution in [0.25, 0.3) is 22.5 Å². The van der Waals surface area contributed by atoms with Crippen LogP contribution in [0.1, 0.15) is 40.4 Å². The predicted octanol–water partition coefficient (Wildman–Crippen LogP) is 4.76. The van der Waals surface area contributed by atoms with E-state index in [1.807, 2.05) is 12.1 Å². The zero-order valence-corrected chi connectivity index (χ0v) is 29.2. The smallest absolute Gasteiger partial charge is 0.415 e. The molecule has 2 aliphatic rings. The lowest BCUT2D eigenvalue weighted by molar-refractivity contribution is -0.208. The number of nitrogens with zero attached hydrogens (tertiary/aromatic N) is 5. The molecule has 2 atom stereocenters. The third-order valence-electron chi connectivity index (χ3n) is 8.94. The van der Waals surface area contributed by atoms with Gasteiger partial charge in [0.1, 0.15) is 0 Å². The molecule has 12 nitrogen and oxygen atoms in total. The number of rotatable bonds is 11. The van der Waals surface area contributed by atoms with Crippen molar-refractivity contribution in [3.8, 4) is 28.4 Å². The molecule has 0 bridgehead atoms. The first kappa shape index (κ1) is 36.5. The second-order valence-corrected chi connectivity index (χ2v) is 13.1. The van der Waals surface area contributed by atoms with Crippen LogP contribution >= 0.6 is 23.2 Å². The Morgan fingerprint density at radius 1 is 1.14 bits per heavy atom. The van der Waals surface area contributed by atoms with E-state index in [-0.39, 0.29) is 46.6 Å². The van der Waals surface area contributed by atoms with Gasteiger partial charge in [-0.3, -0.25) is 19.5 Å². The van der Waals surface area contributed by atoms with Gasteiger partial charge in [0.15, 0.2) is 11.9 Å². The molecule has 2 amide bonds. The number of ether oxygens (including phenoxy) is 1. The largest absolute Gasteiger partial charge is 0.481 e. The molecular weight excluding hydrogens is 712 g/mol. The molecule has 17 heteroatoms. The van der Waals surface area contributed by atoms with E-state index in [2.05, 4.69) is 30.9 Å². The molecule has 0 radical (unpaired) electrons. The minimum absolute atomic E-state index is 0.0572. The van der Waals surface area contributed by atoms with Gasteiger partial charge >= 0.3 is 6.18 Å². The van der Waals surface area contributed by atoms with Crippen molar-refractivity contribution in [2.45, 2.75) is 50.7 Å². The van der Waals surface area contributed by atoms with Crippen LogP contribution < -0.4 is 20.7 Å². The molecule has 0 saturated carbocycles. The molecule has 3 aromatic heterocycles. The molecule has 1 fully saturated rings. The molecule has 1 saturated heterocycles. The number of aliphatic hydroxyl groups excluding tert-OH is 1. The summed E-state index contributed by atoms with van der Waals surface area (Å²) in [5, 5.41) is 19.0. The van der Waals surface area contributed by atoms with Crippen LogP contribution in [0.5, 0.6) is 5.88 Å². The summed E-state index contributed by atoms with van der Waals surface area (Å²) in [6.07, 6.45) is -3.95. The van der Waals surface area contributed by atoms with E-state index in [9.17, 15) is 27.9 Å². The van der Waals surface area contributed by atoms with Crippen LogP contribution in [-0.4, -0.2) is 86.4 Å². The highest BCUT2D eigenvalue weighted by molar-refractivity contribution is 6.39. The van der Waals surface area contributed by atoms with Gasteiger partial charge in [0.2, 0.25) is 11.8 Å². The third-order valence-corrected chi connectivity index (χ3v) is 9.73. The summed E-state index contributed by atoms with van der Waals surface area (Å²) in [4.78, 5) is 40.0. The molecule has 4 aromatic rings. The van der Waals surface area contributed by atoms with Crippen LogP contribution in [0.2, 0.25) is 10.0 Å². The van der Waals surface area contributed by atoms with Gasteiger partial charge in [0.05, 0.1) is 39.9 Å². The first-order chi connectivity index (χ1) is 24.3. The Morgan fingerprint density at radius 2 is 1.94 bits per heavy atom. The number of hydrogen-bond acceptors (Lipinski definition) is 9. The first-order valence-electron chi connectivity index (χ1n) is 16.1. The summed E-state index contributed by atoms with van der Waals surface area (Å²) in [5.41, 5.74) is 4.21. The van der Waals surface area contributed by atoms with Crippen LogP contribution in [0.15, 0.2) is 42.6 Å². The molecule has 270 valence electrons. The topological polar surface area (TPSA) is 147 Å². The number of methoxy groups -OCH3 is 1. The van der Waals surface area contributed by atoms with Crippen molar-refractivity contribution in [2.75, 3.05) is 32.1 Å².